The maximum atomic E-state index is 13.5. The number of benzene rings is 1. The van der Waals surface area contributed by atoms with Crippen molar-refractivity contribution < 1.29 is 13.9 Å². The standard InChI is InChI=1S/C22H25FN4O2S/c1-22(2,3)27-20(15-4-6-16(23)7-5-15)18(10-25-27)21-26-17(13-30-21)8-19(28)24-9-14-11-29-12-14/h4-7,10,13-14H,8-9,11-12H2,1-3H3,(H,24,28). The lowest BCUT2D eigenvalue weighted by atomic mass is 10.0. The third kappa shape index (κ3) is 4.44. The van der Waals surface area contributed by atoms with Gasteiger partial charge in [-0.25, -0.2) is 9.37 Å². The van der Waals surface area contributed by atoms with E-state index in [-0.39, 0.29) is 23.7 Å². The number of thiazole rings is 1. The first-order valence-corrected chi connectivity index (χ1v) is 10.8. The van der Waals surface area contributed by atoms with E-state index in [1.165, 1.54) is 23.5 Å². The molecule has 1 saturated heterocycles. The Hall–Kier alpha value is -2.58. The van der Waals surface area contributed by atoms with E-state index in [1.807, 2.05) is 10.1 Å². The molecule has 0 bridgehead atoms. The highest BCUT2D eigenvalue weighted by molar-refractivity contribution is 7.13. The molecule has 2 aromatic heterocycles. The van der Waals surface area contributed by atoms with E-state index in [4.69, 9.17) is 4.74 Å². The van der Waals surface area contributed by atoms with Gasteiger partial charge in [0.2, 0.25) is 5.91 Å². The largest absolute Gasteiger partial charge is 0.381 e. The van der Waals surface area contributed by atoms with Crippen molar-refractivity contribution in [1.82, 2.24) is 20.1 Å². The van der Waals surface area contributed by atoms with Crippen LogP contribution < -0.4 is 5.32 Å². The molecule has 0 aliphatic carbocycles. The van der Waals surface area contributed by atoms with Crippen molar-refractivity contribution in [2.45, 2.75) is 32.7 Å². The maximum Gasteiger partial charge on any atom is 0.226 e. The van der Waals surface area contributed by atoms with Crippen LogP contribution in [0.5, 0.6) is 0 Å². The van der Waals surface area contributed by atoms with Gasteiger partial charge in [-0.15, -0.1) is 11.3 Å². The van der Waals surface area contributed by atoms with Crippen LogP contribution >= 0.6 is 11.3 Å². The molecule has 6 nitrogen and oxygen atoms in total. The SMILES string of the molecule is CC(C)(C)n1ncc(-c2nc(CC(=O)NCC3COC3)cs2)c1-c1ccc(F)cc1. The maximum absolute atomic E-state index is 13.5. The normalized spacial score (nSPS) is 14.5. The van der Waals surface area contributed by atoms with Crippen molar-refractivity contribution in [2.75, 3.05) is 19.8 Å². The monoisotopic (exact) mass is 428 g/mol. The number of aromatic nitrogens is 3. The van der Waals surface area contributed by atoms with Gasteiger partial charge in [-0.3, -0.25) is 9.48 Å². The topological polar surface area (TPSA) is 69.0 Å². The molecule has 3 heterocycles. The highest BCUT2D eigenvalue weighted by Crippen LogP contribution is 2.36. The Morgan fingerprint density at radius 2 is 2.03 bits per heavy atom. The minimum atomic E-state index is -0.280. The number of halogens is 1. The molecule has 0 atom stereocenters. The van der Waals surface area contributed by atoms with Crippen LogP contribution in [0.4, 0.5) is 4.39 Å². The Balaban J connectivity index is 1.59. The van der Waals surface area contributed by atoms with E-state index >= 15 is 0 Å². The van der Waals surface area contributed by atoms with Crippen molar-refractivity contribution >= 4 is 17.2 Å². The molecular formula is C22H25FN4O2S. The van der Waals surface area contributed by atoms with Crippen LogP contribution in [-0.4, -0.2) is 40.4 Å². The van der Waals surface area contributed by atoms with E-state index in [0.717, 1.165) is 27.5 Å². The molecule has 1 aliphatic rings. The summed E-state index contributed by atoms with van der Waals surface area (Å²) in [5.41, 5.74) is 3.10. The fourth-order valence-electron chi connectivity index (χ4n) is 3.30. The van der Waals surface area contributed by atoms with Gasteiger partial charge >= 0.3 is 0 Å². The van der Waals surface area contributed by atoms with E-state index in [9.17, 15) is 9.18 Å². The van der Waals surface area contributed by atoms with Crippen molar-refractivity contribution in [3.8, 4) is 21.8 Å². The molecule has 1 aliphatic heterocycles. The van der Waals surface area contributed by atoms with Crippen LogP contribution in [0.1, 0.15) is 26.5 Å². The second-order valence-corrected chi connectivity index (χ2v) is 9.38. The highest BCUT2D eigenvalue weighted by atomic mass is 32.1. The van der Waals surface area contributed by atoms with Crippen LogP contribution in [0.25, 0.3) is 21.8 Å². The van der Waals surface area contributed by atoms with Gasteiger partial charge in [0.15, 0.2) is 0 Å². The summed E-state index contributed by atoms with van der Waals surface area (Å²) in [5, 5.41) is 10.2. The summed E-state index contributed by atoms with van der Waals surface area (Å²) in [6, 6.07) is 6.40. The lowest BCUT2D eigenvalue weighted by Crippen LogP contribution is -2.39. The summed E-state index contributed by atoms with van der Waals surface area (Å²) < 4.78 is 20.5. The van der Waals surface area contributed by atoms with Gasteiger partial charge in [-0.05, 0) is 45.0 Å². The average Bonchev–Trinajstić information content (AvgIpc) is 3.27. The molecule has 1 aromatic carbocycles. The molecule has 0 radical (unpaired) electrons. The van der Waals surface area contributed by atoms with Gasteiger partial charge in [0.1, 0.15) is 10.8 Å². The fourth-order valence-corrected chi connectivity index (χ4v) is 4.13. The predicted molar refractivity (Wildman–Crippen MR) is 115 cm³/mol. The molecule has 1 N–H and O–H groups in total. The Morgan fingerprint density at radius 3 is 2.67 bits per heavy atom. The second-order valence-electron chi connectivity index (χ2n) is 8.52. The molecule has 1 amide bonds. The number of nitrogens with zero attached hydrogens (tertiary/aromatic N) is 3. The number of carbonyl (C=O) groups excluding carboxylic acids is 1. The predicted octanol–water partition coefficient (Wildman–Crippen LogP) is 3.87. The summed E-state index contributed by atoms with van der Waals surface area (Å²) in [4.78, 5) is 16.9. The minimum absolute atomic E-state index is 0.0390. The van der Waals surface area contributed by atoms with Crippen molar-refractivity contribution in [3.05, 3.63) is 47.4 Å². The highest BCUT2D eigenvalue weighted by Gasteiger charge is 2.24. The Labute approximate surface area is 179 Å². The second kappa shape index (κ2) is 8.28. The van der Waals surface area contributed by atoms with Crippen LogP contribution in [0.15, 0.2) is 35.8 Å². The average molecular weight is 429 g/mol. The summed E-state index contributed by atoms with van der Waals surface area (Å²) in [5.74, 6) is 0.0995. The van der Waals surface area contributed by atoms with Crippen LogP contribution in [0.3, 0.4) is 0 Å². The first kappa shape index (κ1) is 20.7. The summed E-state index contributed by atoms with van der Waals surface area (Å²) in [6.07, 6.45) is 2.03. The minimum Gasteiger partial charge on any atom is -0.381 e. The number of rotatable bonds is 6. The molecule has 3 aromatic rings. The number of amides is 1. The number of hydrogen-bond acceptors (Lipinski definition) is 5. The van der Waals surface area contributed by atoms with Gasteiger partial charge in [-0.1, -0.05) is 0 Å². The molecule has 0 saturated carbocycles. The first-order valence-electron chi connectivity index (χ1n) is 9.95. The Kier molecular flexibility index (Phi) is 5.71. The number of hydrogen-bond donors (Lipinski definition) is 1. The van der Waals surface area contributed by atoms with Gasteiger partial charge in [0, 0.05) is 23.4 Å². The first-order chi connectivity index (χ1) is 14.3. The molecule has 4 rings (SSSR count). The molecule has 8 heteroatoms. The van der Waals surface area contributed by atoms with Crippen molar-refractivity contribution in [3.63, 3.8) is 0 Å². The molecule has 0 spiro atoms. The van der Waals surface area contributed by atoms with Crippen LogP contribution in [0.2, 0.25) is 0 Å². The lowest BCUT2D eigenvalue weighted by Gasteiger charge is -2.25. The summed E-state index contributed by atoms with van der Waals surface area (Å²) in [6.45, 7) is 8.28. The summed E-state index contributed by atoms with van der Waals surface area (Å²) >= 11 is 1.48. The van der Waals surface area contributed by atoms with E-state index < -0.39 is 0 Å². The quantitative estimate of drug-likeness (QED) is 0.647. The van der Waals surface area contributed by atoms with Crippen molar-refractivity contribution in [1.29, 1.82) is 0 Å². The third-order valence-electron chi connectivity index (χ3n) is 4.94. The zero-order valence-electron chi connectivity index (χ0n) is 17.3. The number of ether oxygens (including phenoxy) is 1. The molecule has 158 valence electrons. The Bertz CT molecular complexity index is 1030. The van der Waals surface area contributed by atoms with E-state index in [1.54, 1.807) is 18.3 Å². The van der Waals surface area contributed by atoms with Gasteiger partial charge in [0.05, 0.1) is 48.3 Å². The zero-order valence-corrected chi connectivity index (χ0v) is 18.1. The zero-order chi connectivity index (χ0) is 21.3. The van der Waals surface area contributed by atoms with Crippen molar-refractivity contribution in [2.24, 2.45) is 5.92 Å². The van der Waals surface area contributed by atoms with Crippen LogP contribution in [0, 0.1) is 11.7 Å². The van der Waals surface area contributed by atoms with Gasteiger partial charge < -0.3 is 10.1 Å². The molecule has 0 unspecified atom stereocenters. The van der Waals surface area contributed by atoms with E-state index in [2.05, 4.69) is 36.2 Å². The number of nitrogens with one attached hydrogen (secondary N) is 1. The molecule has 1 fully saturated rings. The number of carbonyl (C=O) groups is 1. The van der Waals surface area contributed by atoms with E-state index in [0.29, 0.717) is 25.7 Å². The summed E-state index contributed by atoms with van der Waals surface area (Å²) in [7, 11) is 0. The third-order valence-corrected chi connectivity index (χ3v) is 5.87. The Morgan fingerprint density at radius 1 is 1.30 bits per heavy atom. The smallest absolute Gasteiger partial charge is 0.226 e. The molecular weight excluding hydrogens is 403 g/mol. The lowest BCUT2D eigenvalue weighted by molar-refractivity contribution is -0.121. The van der Waals surface area contributed by atoms with Gasteiger partial charge in [0.25, 0.3) is 0 Å². The fraction of sp³-hybridized carbons (Fsp3) is 0.409. The van der Waals surface area contributed by atoms with Gasteiger partial charge in [-0.2, -0.15) is 5.10 Å². The molecule has 30 heavy (non-hydrogen) atoms. The van der Waals surface area contributed by atoms with Crippen LogP contribution in [-0.2, 0) is 21.5 Å².